The predicted octanol–water partition coefficient (Wildman–Crippen LogP) is 4.40. The fraction of sp³-hybridized carbons (Fsp3) is 0.0870. The summed E-state index contributed by atoms with van der Waals surface area (Å²) in [6, 6.07) is 26.9. The number of aryl methyl sites for hydroxylation is 1. The number of nitrogens with zero attached hydrogens (tertiary/aromatic N) is 3. The fourth-order valence-electron chi connectivity index (χ4n) is 2.93. The van der Waals surface area contributed by atoms with Crippen LogP contribution < -0.4 is 10.4 Å². The van der Waals surface area contributed by atoms with E-state index in [2.05, 4.69) is 15.6 Å². The zero-order valence-corrected chi connectivity index (χ0v) is 15.9. The van der Waals surface area contributed by atoms with Gasteiger partial charge in [0.15, 0.2) is 5.82 Å². The lowest BCUT2D eigenvalue weighted by Gasteiger charge is -2.25. The van der Waals surface area contributed by atoms with Gasteiger partial charge in [-0.2, -0.15) is 4.98 Å². The molecule has 0 aliphatic heterocycles. The van der Waals surface area contributed by atoms with E-state index in [4.69, 9.17) is 4.52 Å². The van der Waals surface area contributed by atoms with E-state index in [9.17, 15) is 4.79 Å². The Hall–Kier alpha value is -3.93. The molecule has 0 fully saturated rings. The summed E-state index contributed by atoms with van der Waals surface area (Å²) >= 11 is 0. The number of hydrogen-bond donors (Lipinski definition) is 1. The Bertz CT molecular complexity index is 1080. The smallest absolute Gasteiger partial charge is 0.269 e. The Morgan fingerprint density at radius 3 is 2.21 bits per heavy atom. The van der Waals surface area contributed by atoms with Crippen LogP contribution in [0.3, 0.4) is 0 Å². The first-order valence-electron chi connectivity index (χ1n) is 9.27. The number of benzene rings is 3. The molecule has 29 heavy (non-hydrogen) atoms. The van der Waals surface area contributed by atoms with E-state index in [1.807, 2.05) is 65.7 Å². The van der Waals surface area contributed by atoms with Gasteiger partial charge in [-0.1, -0.05) is 53.7 Å². The van der Waals surface area contributed by atoms with Crippen molar-refractivity contribution in [2.75, 3.05) is 5.01 Å². The Morgan fingerprint density at radius 1 is 0.931 bits per heavy atom. The molecule has 0 atom stereocenters. The molecule has 0 aliphatic rings. The molecule has 6 nitrogen and oxygen atoms in total. The molecule has 0 saturated heterocycles. The van der Waals surface area contributed by atoms with Crippen LogP contribution in [0.5, 0.6) is 0 Å². The largest absolute Gasteiger partial charge is 0.334 e. The lowest BCUT2D eigenvalue weighted by molar-refractivity contribution is 0.0948. The highest BCUT2D eigenvalue weighted by atomic mass is 16.5. The van der Waals surface area contributed by atoms with E-state index in [1.54, 1.807) is 31.2 Å². The lowest BCUT2D eigenvalue weighted by atomic mass is 10.1. The number of amides is 1. The quantitative estimate of drug-likeness (QED) is 0.499. The number of hydrogen-bond acceptors (Lipinski definition) is 5. The van der Waals surface area contributed by atoms with Gasteiger partial charge in [0.1, 0.15) is 0 Å². The van der Waals surface area contributed by atoms with Crippen LogP contribution in [-0.4, -0.2) is 16.0 Å². The van der Waals surface area contributed by atoms with E-state index in [0.29, 0.717) is 23.8 Å². The lowest BCUT2D eigenvalue weighted by Crippen LogP contribution is -2.41. The van der Waals surface area contributed by atoms with Gasteiger partial charge in [0.05, 0.1) is 12.2 Å². The Labute approximate surface area is 168 Å². The topological polar surface area (TPSA) is 71.3 Å². The monoisotopic (exact) mass is 384 g/mol. The molecule has 1 N–H and O–H groups in total. The molecule has 4 aromatic rings. The molecule has 3 aromatic carbocycles. The number of hydrazine groups is 1. The van der Waals surface area contributed by atoms with E-state index >= 15 is 0 Å². The van der Waals surface area contributed by atoms with Crippen molar-refractivity contribution in [2.45, 2.75) is 13.5 Å². The van der Waals surface area contributed by atoms with Crippen LogP contribution in [0.15, 0.2) is 89.5 Å². The molecule has 1 aromatic heterocycles. The highest BCUT2D eigenvalue weighted by molar-refractivity contribution is 5.95. The normalized spacial score (nSPS) is 10.5. The van der Waals surface area contributed by atoms with E-state index < -0.39 is 0 Å². The van der Waals surface area contributed by atoms with Gasteiger partial charge >= 0.3 is 0 Å². The van der Waals surface area contributed by atoms with Gasteiger partial charge in [0, 0.05) is 11.1 Å². The van der Waals surface area contributed by atoms with Crippen LogP contribution in [0.4, 0.5) is 5.69 Å². The van der Waals surface area contributed by atoms with Gasteiger partial charge in [-0.25, -0.2) is 0 Å². The third kappa shape index (κ3) is 4.50. The summed E-state index contributed by atoms with van der Waals surface area (Å²) in [4.78, 5) is 17.1. The second kappa shape index (κ2) is 8.39. The van der Waals surface area contributed by atoms with Crippen LogP contribution in [0.1, 0.15) is 21.7 Å². The third-order valence-corrected chi connectivity index (χ3v) is 4.41. The molecule has 0 spiro atoms. The second-order valence-corrected chi connectivity index (χ2v) is 6.57. The van der Waals surface area contributed by atoms with Gasteiger partial charge in [0.25, 0.3) is 11.8 Å². The van der Waals surface area contributed by atoms with Crippen LogP contribution >= 0.6 is 0 Å². The van der Waals surface area contributed by atoms with Crippen molar-refractivity contribution in [1.82, 2.24) is 15.6 Å². The van der Waals surface area contributed by atoms with Crippen LogP contribution in [0, 0.1) is 6.92 Å². The Morgan fingerprint density at radius 2 is 1.59 bits per heavy atom. The summed E-state index contributed by atoms with van der Waals surface area (Å²) < 4.78 is 5.17. The van der Waals surface area contributed by atoms with Gasteiger partial charge in [-0.15, -0.1) is 0 Å². The molecule has 0 unspecified atom stereocenters. The summed E-state index contributed by atoms with van der Waals surface area (Å²) in [5.41, 5.74) is 6.32. The van der Waals surface area contributed by atoms with Crippen molar-refractivity contribution >= 4 is 11.6 Å². The SMILES string of the molecule is Cc1noc(-c2ccc(C(=O)NN(Cc3ccccc3)c3ccccc3)cc2)n1. The van der Waals surface area contributed by atoms with E-state index in [0.717, 1.165) is 16.8 Å². The third-order valence-electron chi connectivity index (χ3n) is 4.41. The van der Waals surface area contributed by atoms with Crippen molar-refractivity contribution in [3.63, 3.8) is 0 Å². The number of aromatic nitrogens is 2. The maximum atomic E-state index is 12.9. The molecule has 144 valence electrons. The molecule has 4 rings (SSSR count). The molecular formula is C23H20N4O2. The first-order valence-corrected chi connectivity index (χ1v) is 9.27. The standard InChI is InChI=1S/C23H20N4O2/c1-17-24-23(29-26-17)20-14-12-19(13-15-20)22(28)25-27(21-10-6-3-7-11-21)16-18-8-4-2-5-9-18/h2-15H,16H2,1H3,(H,25,28). The summed E-state index contributed by atoms with van der Waals surface area (Å²) in [5, 5.41) is 5.63. The van der Waals surface area contributed by atoms with Gasteiger partial charge in [-0.05, 0) is 48.9 Å². The fourth-order valence-corrected chi connectivity index (χ4v) is 2.93. The highest BCUT2D eigenvalue weighted by Gasteiger charge is 2.14. The number of carbonyl (C=O) groups is 1. The maximum Gasteiger partial charge on any atom is 0.269 e. The van der Waals surface area contributed by atoms with Crippen molar-refractivity contribution in [3.05, 3.63) is 102 Å². The summed E-state index contributed by atoms with van der Waals surface area (Å²) in [5.74, 6) is 0.809. The Balaban J connectivity index is 1.53. The number of nitrogens with one attached hydrogen (secondary N) is 1. The number of carbonyl (C=O) groups excluding carboxylic acids is 1. The second-order valence-electron chi connectivity index (χ2n) is 6.57. The summed E-state index contributed by atoms with van der Waals surface area (Å²) in [6.45, 7) is 2.32. The molecule has 0 saturated carbocycles. The van der Waals surface area contributed by atoms with E-state index in [-0.39, 0.29) is 5.91 Å². The van der Waals surface area contributed by atoms with Gasteiger partial charge in [0.2, 0.25) is 0 Å². The Kier molecular flexibility index (Phi) is 5.33. The predicted molar refractivity (Wildman–Crippen MR) is 111 cm³/mol. The first-order chi connectivity index (χ1) is 14.2. The van der Waals surface area contributed by atoms with Crippen LogP contribution in [-0.2, 0) is 6.54 Å². The minimum atomic E-state index is -0.196. The van der Waals surface area contributed by atoms with Crippen molar-refractivity contribution < 1.29 is 9.32 Å². The molecular weight excluding hydrogens is 364 g/mol. The molecule has 0 aliphatic carbocycles. The molecule has 6 heteroatoms. The zero-order valence-electron chi connectivity index (χ0n) is 15.9. The van der Waals surface area contributed by atoms with Crippen molar-refractivity contribution in [3.8, 4) is 11.5 Å². The maximum absolute atomic E-state index is 12.9. The number of rotatable bonds is 6. The number of anilines is 1. The summed E-state index contributed by atoms with van der Waals surface area (Å²) in [7, 11) is 0. The van der Waals surface area contributed by atoms with E-state index in [1.165, 1.54) is 0 Å². The number of para-hydroxylation sites is 1. The van der Waals surface area contributed by atoms with Crippen LogP contribution in [0.25, 0.3) is 11.5 Å². The van der Waals surface area contributed by atoms with Crippen LogP contribution in [0.2, 0.25) is 0 Å². The minimum absolute atomic E-state index is 0.196. The minimum Gasteiger partial charge on any atom is -0.334 e. The average Bonchev–Trinajstić information content (AvgIpc) is 3.21. The molecule has 1 amide bonds. The molecule has 0 radical (unpaired) electrons. The zero-order chi connectivity index (χ0) is 20.1. The average molecular weight is 384 g/mol. The van der Waals surface area contributed by atoms with Crippen molar-refractivity contribution in [2.24, 2.45) is 0 Å². The summed E-state index contributed by atoms with van der Waals surface area (Å²) in [6.07, 6.45) is 0. The first kappa shape index (κ1) is 18.4. The molecule has 0 bridgehead atoms. The van der Waals surface area contributed by atoms with Gasteiger partial charge in [-0.3, -0.25) is 15.2 Å². The molecule has 1 heterocycles. The van der Waals surface area contributed by atoms with Crippen molar-refractivity contribution in [1.29, 1.82) is 0 Å². The van der Waals surface area contributed by atoms with Gasteiger partial charge < -0.3 is 4.52 Å². The highest BCUT2D eigenvalue weighted by Crippen LogP contribution is 2.19.